The van der Waals surface area contributed by atoms with E-state index >= 15 is 0 Å². The van der Waals surface area contributed by atoms with E-state index in [0.29, 0.717) is 22.9 Å². The Balaban J connectivity index is 1.35. The monoisotopic (exact) mass is 444 g/mol. The van der Waals surface area contributed by atoms with Crippen LogP contribution in [-0.4, -0.2) is 41.4 Å². The Morgan fingerprint density at radius 1 is 1.35 bits per heavy atom. The van der Waals surface area contributed by atoms with Gasteiger partial charge in [-0.1, -0.05) is 23.7 Å². The number of amides is 2. The fourth-order valence-electron chi connectivity index (χ4n) is 5.70. The Morgan fingerprint density at radius 2 is 2.10 bits per heavy atom. The summed E-state index contributed by atoms with van der Waals surface area (Å²) in [5.41, 5.74) is 0.255. The van der Waals surface area contributed by atoms with E-state index in [-0.39, 0.29) is 41.8 Å². The second-order valence-electron chi connectivity index (χ2n) is 9.99. The lowest BCUT2D eigenvalue weighted by molar-refractivity contribution is -0.158. The lowest BCUT2D eigenvalue weighted by Crippen LogP contribution is -2.63. The molecule has 3 aliphatic carbocycles. The van der Waals surface area contributed by atoms with Gasteiger partial charge in [0.1, 0.15) is 0 Å². The number of rotatable bonds is 4. The second kappa shape index (κ2) is 7.20. The molecule has 0 aromatic heterocycles. The Labute approximate surface area is 187 Å². The predicted molar refractivity (Wildman–Crippen MR) is 118 cm³/mol. The fraction of sp³-hybridized carbons (Fsp3) is 0.609. The predicted octanol–water partition coefficient (Wildman–Crippen LogP) is 3.62. The lowest BCUT2D eigenvalue weighted by atomic mass is 9.44. The Bertz CT molecular complexity index is 929. The molecule has 3 atom stereocenters. The number of halogens is 1. The molecule has 8 heteroatoms. The van der Waals surface area contributed by atoms with Crippen LogP contribution in [0.5, 0.6) is 0 Å². The van der Waals surface area contributed by atoms with Gasteiger partial charge in [0.2, 0.25) is 11.8 Å². The molecule has 2 amide bonds. The van der Waals surface area contributed by atoms with Crippen molar-refractivity contribution in [1.82, 2.24) is 10.2 Å². The number of anilines is 1. The first kappa shape index (κ1) is 20.8. The molecule has 2 aliphatic heterocycles. The Morgan fingerprint density at radius 3 is 2.71 bits per heavy atom. The molecule has 2 heterocycles. The SMILES string of the molecule is C[C@@H]1C[C@H](N2C(=N)N[C@](C)(c3cccc(NC(=O)C45CC(C4)C5)c3Cl)CC2=O)CCO1. The fourth-order valence-corrected chi connectivity index (χ4v) is 6.08. The van der Waals surface area contributed by atoms with Crippen LogP contribution in [0.4, 0.5) is 5.69 Å². The Kier molecular flexibility index (Phi) is 4.83. The molecule has 166 valence electrons. The molecule has 0 unspecified atom stereocenters. The van der Waals surface area contributed by atoms with Crippen molar-refractivity contribution in [2.45, 2.75) is 70.1 Å². The molecule has 7 nitrogen and oxygen atoms in total. The maximum Gasteiger partial charge on any atom is 0.232 e. The number of carbonyl (C=O) groups excluding carboxylic acids is 2. The quantitative estimate of drug-likeness (QED) is 0.661. The molecule has 31 heavy (non-hydrogen) atoms. The maximum absolute atomic E-state index is 13.1. The minimum absolute atomic E-state index is 0.0325. The molecular weight excluding hydrogens is 416 g/mol. The van der Waals surface area contributed by atoms with Gasteiger partial charge in [-0.15, -0.1) is 0 Å². The van der Waals surface area contributed by atoms with Crippen molar-refractivity contribution in [3.05, 3.63) is 28.8 Å². The Hall–Kier alpha value is -2.12. The van der Waals surface area contributed by atoms with Gasteiger partial charge in [-0.3, -0.25) is 19.9 Å². The second-order valence-corrected chi connectivity index (χ2v) is 10.4. The van der Waals surface area contributed by atoms with Crippen molar-refractivity contribution < 1.29 is 14.3 Å². The standard InChI is InChI=1S/C23H29ClN4O3/c1-13-8-15(6-7-31-13)28-18(29)12-22(2,27-21(28)25)16-4-3-5-17(19(16)24)26-20(30)23-9-14(10-23)11-23/h3-5,13-15H,6-12H2,1-2H3,(H2,25,27)(H,26,30)/t13-,14?,15-,22+,23?/m1/s1. The van der Waals surface area contributed by atoms with Gasteiger partial charge in [-0.25, -0.2) is 0 Å². The van der Waals surface area contributed by atoms with Crippen molar-refractivity contribution >= 4 is 35.1 Å². The number of nitrogens with zero attached hydrogens (tertiary/aromatic N) is 1. The van der Waals surface area contributed by atoms with Crippen molar-refractivity contribution in [1.29, 1.82) is 5.41 Å². The summed E-state index contributed by atoms with van der Waals surface area (Å²) in [5.74, 6) is 0.762. The summed E-state index contributed by atoms with van der Waals surface area (Å²) >= 11 is 6.73. The zero-order chi connectivity index (χ0) is 22.0. The van der Waals surface area contributed by atoms with E-state index in [1.807, 2.05) is 26.0 Å². The van der Waals surface area contributed by atoms with Crippen molar-refractivity contribution in [2.75, 3.05) is 11.9 Å². The molecule has 3 N–H and O–H groups in total. The van der Waals surface area contributed by atoms with Gasteiger partial charge >= 0.3 is 0 Å². The highest BCUT2D eigenvalue weighted by Gasteiger charge is 2.61. The topological polar surface area (TPSA) is 94.5 Å². The van der Waals surface area contributed by atoms with Crippen LogP contribution in [0.3, 0.4) is 0 Å². The maximum atomic E-state index is 13.1. The summed E-state index contributed by atoms with van der Waals surface area (Å²) in [6, 6.07) is 5.46. The lowest BCUT2D eigenvalue weighted by Gasteiger charge is -2.60. The van der Waals surface area contributed by atoms with Crippen molar-refractivity contribution in [3.63, 3.8) is 0 Å². The van der Waals surface area contributed by atoms with Gasteiger partial charge in [-0.2, -0.15) is 0 Å². The summed E-state index contributed by atoms with van der Waals surface area (Å²) in [6.45, 7) is 4.47. The van der Waals surface area contributed by atoms with E-state index in [1.165, 1.54) is 0 Å². The molecule has 2 bridgehead atoms. The third-order valence-electron chi connectivity index (χ3n) is 7.59. The number of hydrogen-bond donors (Lipinski definition) is 3. The zero-order valence-corrected chi connectivity index (χ0v) is 18.7. The third kappa shape index (κ3) is 3.33. The number of ether oxygens (including phenoxy) is 1. The van der Waals surface area contributed by atoms with Gasteiger partial charge < -0.3 is 15.4 Å². The van der Waals surface area contributed by atoms with E-state index in [9.17, 15) is 9.59 Å². The molecule has 6 rings (SSSR count). The average Bonchev–Trinajstić information content (AvgIpc) is 2.60. The largest absolute Gasteiger partial charge is 0.378 e. The molecular formula is C23H29ClN4O3. The van der Waals surface area contributed by atoms with E-state index in [1.54, 1.807) is 11.0 Å². The minimum Gasteiger partial charge on any atom is -0.378 e. The van der Waals surface area contributed by atoms with Gasteiger partial charge in [0.25, 0.3) is 0 Å². The molecule has 5 aliphatic rings. The normalized spacial score (nSPS) is 36.9. The van der Waals surface area contributed by atoms with Crippen LogP contribution in [0.1, 0.15) is 57.9 Å². The number of hydrogen-bond acceptors (Lipinski definition) is 4. The van der Waals surface area contributed by atoms with Gasteiger partial charge in [-0.05, 0) is 63.5 Å². The molecule has 1 aromatic rings. The minimum atomic E-state index is -0.824. The van der Waals surface area contributed by atoms with E-state index < -0.39 is 5.54 Å². The molecule has 1 aromatic carbocycles. The molecule has 3 saturated carbocycles. The van der Waals surface area contributed by atoms with Gasteiger partial charge in [0.15, 0.2) is 5.96 Å². The highest BCUT2D eigenvalue weighted by atomic mass is 35.5. The van der Waals surface area contributed by atoms with Gasteiger partial charge in [0, 0.05) is 12.6 Å². The van der Waals surface area contributed by atoms with Crippen LogP contribution in [-0.2, 0) is 19.9 Å². The molecule has 2 saturated heterocycles. The molecule has 0 radical (unpaired) electrons. The average molecular weight is 445 g/mol. The number of carbonyl (C=O) groups is 2. The summed E-state index contributed by atoms with van der Waals surface area (Å²) in [4.78, 5) is 27.5. The van der Waals surface area contributed by atoms with E-state index in [2.05, 4.69) is 10.6 Å². The van der Waals surface area contributed by atoms with E-state index in [4.69, 9.17) is 21.7 Å². The van der Waals surface area contributed by atoms with Crippen molar-refractivity contribution in [3.8, 4) is 0 Å². The summed E-state index contributed by atoms with van der Waals surface area (Å²) in [7, 11) is 0. The van der Waals surface area contributed by atoms with Crippen LogP contribution in [0, 0.1) is 16.7 Å². The van der Waals surface area contributed by atoms with Crippen LogP contribution >= 0.6 is 11.6 Å². The van der Waals surface area contributed by atoms with Crippen LogP contribution in [0.15, 0.2) is 18.2 Å². The van der Waals surface area contributed by atoms with Crippen LogP contribution < -0.4 is 10.6 Å². The third-order valence-corrected chi connectivity index (χ3v) is 8.00. The van der Waals surface area contributed by atoms with Crippen LogP contribution in [0.2, 0.25) is 5.02 Å². The summed E-state index contributed by atoms with van der Waals surface area (Å²) in [6.07, 6.45) is 4.62. The highest BCUT2D eigenvalue weighted by molar-refractivity contribution is 6.34. The summed E-state index contributed by atoms with van der Waals surface area (Å²) in [5, 5.41) is 15.3. The molecule has 5 fully saturated rings. The smallest absolute Gasteiger partial charge is 0.232 e. The number of nitrogens with one attached hydrogen (secondary N) is 3. The first-order valence-corrected chi connectivity index (χ1v) is 11.5. The first-order chi connectivity index (χ1) is 14.7. The summed E-state index contributed by atoms with van der Waals surface area (Å²) < 4.78 is 5.60. The highest BCUT2D eigenvalue weighted by Crippen LogP contribution is 2.64. The number of guanidine groups is 1. The zero-order valence-electron chi connectivity index (χ0n) is 18.0. The number of benzene rings is 1. The first-order valence-electron chi connectivity index (χ1n) is 11.1. The molecule has 0 spiro atoms. The van der Waals surface area contributed by atoms with Crippen LogP contribution in [0.25, 0.3) is 0 Å². The van der Waals surface area contributed by atoms with E-state index in [0.717, 1.165) is 38.0 Å². The van der Waals surface area contributed by atoms with Crippen molar-refractivity contribution in [2.24, 2.45) is 11.3 Å². The van der Waals surface area contributed by atoms with Gasteiger partial charge in [0.05, 0.1) is 34.2 Å².